The lowest BCUT2D eigenvalue weighted by atomic mass is 10.1. The molecule has 0 aromatic carbocycles. The van der Waals surface area contributed by atoms with Crippen molar-refractivity contribution in [1.82, 2.24) is 0 Å². The van der Waals surface area contributed by atoms with Crippen molar-refractivity contribution >= 4 is 11.3 Å². The van der Waals surface area contributed by atoms with Gasteiger partial charge in [0.05, 0.1) is 0 Å². The summed E-state index contributed by atoms with van der Waals surface area (Å²) >= 11 is 1.85. The van der Waals surface area contributed by atoms with E-state index in [4.69, 9.17) is 0 Å². The van der Waals surface area contributed by atoms with Crippen LogP contribution in [0.5, 0.6) is 0 Å². The fourth-order valence-corrected chi connectivity index (χ4v) is 2.04. The molecule has 1 rings (SSSR count). The molecular formula is C10H14S. The van der Waals surface area contributed by atoms with Crippen LogP contribution in [0.3, 0.4) is 0 Å². The Bertz CT molecular complexity index is 235. The van der Waals surface area contributed by atoms with Gasteiger partial charge >= 0.3 is 0 Å². The van der Waals surface area contributed by atoms with Crippen molar-refractivity contribution < 1.29 is 0 Å². The second kappa shape index (κ2) is 3.72. The average molecular weight is 166 g/mol. The largest absolute Gasteiger partial charge is 0.149 e. The van der Waals surface area contributed by atoms with Crippen molar-refractivity contribution in [2.45, 2.75) is 20.3 Å². The highest BCUT2D eigenvalue weighted by Crippen LogP contribution is 2.19. The summed E-state index contributed by atoms with van der Waals surface area (Å²) in [4.78, 5) is 1.50. The van der Waals surface area contributed by atoms with Crippen LogP contribution in [0.15, 0.2) is 24.1 Å². The molecule has 1 unspecified atom stereocenters. The molecule has 0 nitrogen and oxygen atoms in total. The first-order valence-electron chi connectivity index (χ1n) is 3.89. The van der Waals surface area contributed by atoms with Gasteiger partial charge in [-0.15, -0.1) is 17.9 Å². The zero-order valence-corrected chi connectivity index (χ0v) is 7.95. The summed E-state index contributed by atoms with van der Waals surface area (Å²) in [5, 5.41) is 2.15. The minimum atomic E-state index is 0.604. The maximum atomic E-state index is 3.78. The summed E-state index contributed by atoms with van der Waals surface area (Å²) in [5.74, 6) is 0.604. The van der Waals surface area contributed by atoms with E-state index in [2.05, 4.69) is 31.9 Å². The Kier molecular flexibility index (Phi) is 2.89. The second-order valence-electron chi connectivity index (χ2n) is 2.94. The molecule has 60 valence electrons. The van der Waals surface area contributed by atoms with Gasteiger partial charge in [0.1, 0.15) is 0 Å². The molecule has 1 aromatic heterocycles. The molecule has 0 radical (unpaired) electrons. The third kappa shape index (κ3) is 2.19. The molecule has 0 bridgehead atoms. The SMILES string of the molecule is C=CC(C)Cc1sccc1C. The van der Waals surface area contributed by atoms with Gasteiger partial charge in [-0.1, -0.05) is 13.0 Å². The zero-order valence-electron chi connectivity index (χ0n) is 7.13. The quantitative estimate of drug-likeness (QED) is 0.603. The van der Waals surface area contributed by atoms with Gasteiger partial charge in [-0.3, -0.25) is 0 Å². The lowest BCUT2D eigenvalue weighted by molar-refractivity contribution is 0.732. The molecule has 0 amide bonds. The van der Waals surface area contributed by atoms with E-state index in [1.165, 1.54) is 10.4 Å². The maximum absolute atomic E-state index is 3.78. The van der Waals surface area contributed by atoms with Gasteiger partial charge in [-0.2, -0.15) is 0 Å². The molecule has 1 atom stereocenters. The van der Waals surface area contributed by atoms with E-state index >= 15 is 0 Å². The van der Waals surface area contributed by atoms with Gasteiger partial charge in [0.15, 0.2) is 0 Å². The topological polar surface area (TPSA) is 0 Å². The number of allylic oxidation sites excluding steroid dienone is 1. The molecule has 0 spiro atoms. The summed E-state index contributed by atoms with van der Waals surface area (Å²) in [6, 6.07) is 2.18. The van der Waals surface area contributed by atoms with E-state index < -0.39 is 0 Å². The van der Waals surface area contributed by atoms with Crippen molar-refractivity contribution in [2.75, 3.05) is 0 Å². The zero-order chi connectivity index (χ0) is 8.27. The first-order valence-corrected chi connectivity index (χ1v) is 4.77. The molecule has 0 aliphatic rings. The van der Waals surface area contributed by atoms with Gasteiger partial charge in [-0.25, -0.2) is 0 Å². The Hall–Kier alpha value is -0.560. The Morgan fingerprint density at radius 3 is 2.91 bits per heavy atom. The predicted octanol–water partition coefficient (Wildman–Crippen LogP) is 3.42. The van der Waals surface area contributed by atoms with Crippen LogP contribution in [-0.4, -0.2) is 0 Å². The van der Waals surface area contributed by atoms with Gasteiger partial charge in [0, 0.05) is 4.88 Å². The molecule has 11 heavy (non-hydrogen) atoms. The number of aryl methyl sites for hydroxylation is 1. The molecule has 1 heterocycles. The van der Waals surface area contributed by atoms with E-state index in [0.717, 1.165) is 6.42 Å². The molecule has 0 fully saturated rings. The summed E-state index contributed by atoms with van der Waals surface area (Å²) in [6.45, 7) is 8.14. The fourth-order valence-electron chi connectivity index (χ4n) is 0.989. The number of thiophene rings is 1. The van der Waals surface area contributed by atoms with Crippen LogP contribution < -0.4 is 0 Å². The summed E-state index contributed by atoms with van der Waals surface area (Å²) < 4.78 is 0. The standard InChI is InChI=1S/C10H14S/c1-4-8(2)7-10-9(3)5-6-11-10/h4-6,8H,1,7H2,2-3H3. The lowest BCUT2D eigenvalue weighted by Gasteiger charge is -2.03. The van der Waals surface area contributed by atoms with Crippen LogP contribution in [0, 0.1) is 12.8 Å². The van der Waals surface area contributed by atoms with E-state index in [-0.39, 0.29) is 0 Å². The van der Waals surface area contributed by atoms with Crippen LogP contribution >= 0.6 is 11.3 Å². The normalized spacial score (nSPS) is 12.9. The highest BCUT2D eigenvalue weighted by Gasteiger charge is 2.02. The van der Waals surface area contributed by atoms with Crippen LogP contribution in [0.1, 0.15) is 17.4 Å². The average Bonchev–Trinajstić information content (AvgIpc) is 2.37. The van der Waals surface area contributed by atoms with Crippen molar-refractivity contribution in [1.29, 1.82) is 0 Å². The molecule has 0 N–H and O–H groups in total. The lowest BCUT2D eigenvalue weighted by Crippen LogP contribution is -1.93. The van der Waals surface area contributed by atoms with Crippen LogP contribution in [0.25, 0.3) is 0 Å². The monoisotopic (exact) mass is 166 g/mol. The third-order valence-electron chi connectivity index (χ3n) is 1.88. The molecular weight excluding hydrogens is 152 g/mol. The number of hydrogen-bond acceptors (Lipinski definition) is 1. The Morgan fingerprint density at radius 1 is 1.73 bits per heavy atom. The van der Waals surface area contributed by atoms with Crippen LogP contribution in [-0.2, 0) is 6.42 Å². The van der Waals surface area contributed by atoms with Crippen molar-refractivity contribution in [3.63, 3.8) is 0 Å². The van der Waals surface area contributed by atoms with Crippen molar-refractivity contribution in [3.8, 4) is 0 Å². The third-order valence-corrected chi connectivity index (χ3v) is 2.92. The summed E-state index contributed by atoms with van der Waals surface area (Å²) in [6.07, 6.45) is 3.16. The van der Waals surface area contributed by atoms with Crippen LogP contribution in [0.2, 0.25) is 0 Å². The van der Waals surface area contributed by atoms with Gasteiger partial charge in [0.2, 0.25) is 0 Å². The van der Waals surface area contributed by atoms with Gasteiger partial charge < -0.3 is 0 Å². The molecule has 0 saturated heterocycles. The Balaban J connectivity index is 2.63. The summed E-state index contributed by atoms with van der Waals surface area (Å²) in [5.41, 5.74) is 1.42. The maximum Gasteiger partial charge on any atom is 0.00801 e. The molecule has 0 aliphatic heterocycles. The molecule has 1 aromatic rings. The first-order chi connectivity index (χ1) is 5.24. The van der Waals surface area contributed by atoms with Gasteiger partial charge in [0.25, 0.3) is 0 Å². The summed E-state index contributed by atoms with van der Waals surface area (Å²) in [7, 11) is 0. The van der Waals surface area contributed by atoms with E-state index in [9.17, 15) is 0 Å². The van der Waals surface area contributed by atoms with E-state index in [1.807, 2.05) is 17.4 Å². The Morgan fingerprint density at radius 2 is 2.45 bits per heavy atom. The first kappa shape index (κ1) is 8.54. The molecule has 0 saturated carbocycles. The minimum Gasteiger partial charge on any atom is -0.149 e. The number of rotatable bonds is 3. The minimum absolute atomic E-state index is 0.604. The smallest absolute Gasteiger partial charge is 0.00801 e. The van der Waals surface area contributed by atoms with E-state index in [1.54, 1.807) is 0 Å². The fraction of sp³-hybridized carbons (Fsp3) is 0.400. The highest BCUT2D eigenvalue weighted by molar-refractivity contribution is 7.10. The van der Waals surface area contributed by atoms with Crippen molar-refractivity contribution in [2.24, 2.45) is 5.92 Å². The predicted molar refractivity (Wildman–Crippen MR) is 52.1 cm³/mol. The highest BCUT2D eigenvalue weighted by atomic mass is 32.1. The van der Waals surface area contributed by atoms with Crippen molar-refractivity contribution in [3.05, 3.63) is 34.5 Å². The van der Waals surface area contributed by atoms with Crippen LogP contribution in [0.4, 0.5) is 0 Å². The molecule has 0 aliphatic carbocycles. The molecule has 1 heteroatoms. The second-order valence-corrected chi connectivity index (χ2v) is 3.94. The van der Waals surface area contributed by atoms with Gasteiger partial charge in [-0.05, 0) is 36.3 Å². The van der Waals surface area contributed by atoms with E-state index in [0.29, 0.717) is 5.92 Å². The Labute approximate surface area is 72.6 Å². The number of hydrogen-bond donors (Lipinski definition) is 0.